The van der Waals surface area contributed by atoms with E-state index >= 15 is 0 Å². The zero-order valence-electron chi connectivity index (χ0n) is 11.6. The van der Waals surface area contributed by atoms with Gasteiger partial charge in [0.25, 0.3) is 0 Å². The van der Waals surface area contributed by atoms with Gasteiger partial charge in [0, 0.05) is 5.92 Å². The molecule has 0 saturated heterocycles. The van der Waals surface area contributed by atoms with Gasteiger partial charge in [-0.05, 0) is 52.4 Å². The number of rotatable bonds is 2. The zero-order chi connectivity index (χ0) is 14.1. The van der Waals surface area contributed by atoms with Crippen LogP contribution in [0.2, 0.25) is 0 Å². The first-order valence-electron chi connectivity index (χ1n) is 7.17. The number of fused-ring (bicyclic) bond motifs is 1. The van der Waals surface area contributed by atoms with Crippen molar-refractivity contribution in [1.29, 1.82) is 0 Å². The molecule has 2 aliphatic rings. The van der Waals surface area contributed by atoms with Crippen LogP contribution in [-0.2, 0) is 4.74 Å². The van der Waals surface area contributed by atoms with E-state index in [0.717, 1.165) is 10.3 Å². The molecule has 0 amide bonds. The summed E-state index contributed by atoms with van der Waals surface area (Å²) in [5, 5.41) is 0. The van der Waals surface area contributed by atoms with Crippen LogP contribution in [0.3, 0.4) is 0 Å². The van der Waals surface area contributed by atoms with Gasteiger partial charge in [0.2, 0.25) is 0 Å². The van der Waals surface area contributed by atoms with Crippen molar-refractivity contribution in [2.45, 2.75) is 38.0 Å². The molecule has 1 saturated carbocycles. The predicted octanol–water partition coefficient (Wildman–Crippen LogP) is 4.58. The van der Waals surface area contributed by atoms with Crippen molar-refractivity contribution in [1.82, 2.24) is 0 Å². The molecular formula is C16H18BrNO2. The van der Waals surface area contributed by atoms with Crippen LogP contribution in [0.15, 0.2) is 23.2 Å². The number of hydrogen-bond donors (Lipinski definition) is 0. The first kappa shape index (κ1) is 13.8. The minimum atomic E-state index is -0.305. The maximum atomic E-state index is 11.6. The summed E-state index contributed by atoms with van der Waals surface area (Å²) in [6.45, 7) is 0. The molecule has 0 radical (unpaired) electrons. The number of esters is 1. The summed E-state index contributed by atoms with van der Waals surface area (Å²) in [5.41, 5.74) is 2.73. The third-order valence-electron chi connectivity index (χ3n) is 4.39. The zero-order valence-corrected chi connectivity index (χ0v) is 13.1. The lowest BCUT2D eigenvalue weighted by molar-refractivity contribution is 0.0601. The van der Waals surface area contributed by atoms with E-state index in [9.17, 15) is 4.79 Å². The van der Waals surface area contributed by atoms with Gasteiger partial charge >= 0.3 is 5.97 Å². The van der Waals surface area contributed by atoms with Crippen molar-refractivity contribution in [2.24, 2.45) is 10.9 Å². The molecule has 1 heterocycles. The SMILES string of the molecule is COC(=O)c1ccc2c(c1)N=C(Br)[C@@H]2C1CCCCC1. The fourth-order valence-electron chi connectivity index (χ4n) is 3.38. The highest BCUT2D eigenvalue weighted by Gasteiger charge is 2.33. The Hall–Kier alpha value is -1.16. The summed E-state index contributed by atoms with van der Waals surface area (Å²) in [4.78, 5) is 16.2. The van der Waals surface area contributed by atoms with E-state index in [1.165, 1.54) is 44.8 Å². The highest BCUT2D eigenvalue weighted by Crippen LogP contribution is 2.46. The maximum Gasteiger partial charge on any atom is 0.337 e. The average molecular weight is 336 g/mol. The number of methoxy groups -OCH3 is 1. The lowest BCUT2D eigenvalue weighted by atomic mass is 9.78. The molecule has 20 heavy (non-hydrogen) atoms. The molecule has 106 valence electrons. The maximum absolute atomic E-state index is 11.6. The fraction of sp³-hybridized carbons (Fsp3) is 0.500. The standard InChI is InChI=1S/C16H18BrNO2/c1-20-16(19)11-7-8-12-13(9-11)18-15(17)14(12)10-5-3-2-4-6-10/h7-10,14H,2-6H2,1H3/t14-/m1/s1. The molecule has 4 heteroatoms. The fourth-order valence-corrected chi connectivity index (χ4v) is 4.19. The quantitative estimate of drug-likeness (QED) is 0.742. The van der Waals surface area contributed by atoms with Crippen LogP contribution in [-0.4, -0.2) is 17.7 Å². The molecule has 0 spiro atoms. The molecule has 1 aromatic carbocycles. The number of benzene rings is 1. The summed E-state index contributed by atoms with van der Waals surface area (Å²) in [7, 11) is 1.40. The minimum Gasteiger partial charge on any atom is -0.465 e. The Kier molecular flexibility index (Phi) is 3.92. The summed E-state index contributed by atoms with van der Waals surface area (Å²) < 4.78 is 5.78. The third kappa shape index (κ3) is 2.41. The van der Waals surface area contributed by atoms with E-state index in [0.29, 0.717) is 17.4 Å². The predicted molar refractivity (Wildman–Crippen MR) is 83.1 cm³/mol. The largest absolute Gasteiger partial charge is 0.465 e. The number of halogens is 1. The molecule has 0 N–H and O–H groups in total. The van der Waals surface area contributed by atoms with Gasteiger partial charge in [-0.2, -0.15) is 0 Å². The Morgan fingerprint density at radius 1 is 1.30 bits per heavy atom. The average Bonchev–Trinajstić information content (AvgIpc) is 2.82. The smallest absolute Gasteiger partial charge is 0.337 e. The van der Waals surface area contributed by atoms with E-state index < -0.39 is 0 Å². The van der Waals surface area contributed by atoms with Gasteiger partial charge in [-0.15, -0.1) is 0 Å². The number of nitrogens with zero attached hydrogens (tertiary/aromatic N) is 1. The highest BCUT2D eigenvalue weighted by molar-refractivity contribution is 9.18. The topological polar surface area (TPSA) is 38.7 Å². The first-order chi connectivity index (χ1) is 9.70. The Morgan fingerprint density at radius 3 is 2.75 bits per heavy atom. The van der Waals surface area contributed by atoms with E-state index in [1.807, 2.05) is 18.2 Å². The molecule has 1 aliphatic heterocycles. The Labute approximate surface area is 127 Å². The Bertz CT molecular complexity index is 562. The number of carbonyl (C=O) groups is 1. The normalized spacial score (nSPS) is 22.3. The molecule has 3 nitrogen and oxygen atoms in total. The summed E-state index contributed by atoms with van der Waals surface area (Å²) >= 11 is 3.63. The van der Waals surface area contributed by atoms with Crippen molar-refractivity contribution in [3.05, 3.63) is 29.3 Å². The molecule has 0 unspecified atom stereocenters. The lowest BCUT2D eigenvalue weighted by Crippen LogP contribution is -2.18. The second-order valence-corrected chi connectivity index (χ2v) is 6.39. The lowest BCUT2D eigenvalue weighted by Gasteiger charge is -2.27. The molecule has 0 aromatic heterocycles. The first-order valence-corrected chi connectivity index (χ1v) is 7.96. The Balaban J connectivity index is 1.92. The monoisotopic (exact) mass is 335 g/mol. The van der Waals surface area contributed by atoms with Crippen LogP contribution in [0, 0.1) is 5.92 Å². The third-order valence-corrected chi connectivity index (χ3v) is 5.06. The number of aliphatic imine (C=N–C) groups is 1. The van der Waals surface area contributed by atoms with Crippen molar-refractivity contribution < 1.29 is 9.53 Å². The van der Waals surface area contributed by atoms with Crippen LogP contribution >= 0.6 is 15.9 Å². The van der Waals surface area contributed by atoms with Gasteiger partial charge in [-0.25, -0.2) is 9.79 Å². The van der Waals surface area contributed by atoms with Crippen LogP contribution < -0.4 is 0 Å². The number of carbonyl (C=O) groups excluding carboxylic acids is 1. The second kappa shape index (κ2) is 5.68. The van der Waals surface area contributed by atoms with Gasteiger partial charge in [-0.3, -0.25) is 0 Å². The van der Waals surface area contributed by atoms with Crippen LogP contribution in [0.1, 0.15) is 53.9 Å². The van der Waals surface area contributed by atoms with Gasteiger partial charge in [-0.1, -0.05) is 25.3 Å². The van der Waals surface area contributed by atoms with Gasteiger partial charge in [0.15, 0.2) is 0 Å². The molecule has 1 atom stereocenters. The molecule has 0 bridgehead atoms. The highest BCUT2D eigenvalue weighted by atomic mass is 79.9. The van der Waals surface area contributed by atoms with Crippen LogP contribution in [0.25, 0.3) is 0 Å². The van der Waals surface area contributed by atoms with Gasteiger partial charge in [0.1, 0.15) is 0 Å². The Morgan fingerprint density at radius 2 is 2.05 bits per heavy atom. The summed E-state index contributed by atoms with van der Waals surface area (Å²) in [6.07, 6.45) is 6.53. The number of hydrogen-bond acceptors (Lipinski definition) is 3. The number of ether oxygens (including phenoxy) is 1. The van der Waals surface area contributed by atoms with Crippen LogP contribution in [0.5, 0.6) is 0 Å². The van der Waals surface area contributed by atoms with Crippen molar-refractivity contribution in [2.75, 3.05) is 7.11 Å². The minimum absolute atomic E-state index is 0.305. The summed E-state index contributed by atoms with van der Waals surface area (Å²) in [6, 6.07) is 5.73. The van der Waals surface area contributed by atoms with Crippen molar-refractivity contribution in [3.63, 3.8) is 0 Å². The molecular weight excluding hydrogens is 318 g/mol. The molecule has 1 fully saturated rings. The van der Waals surface area contributed by atoms with E-state index in [1.54, 1.807) is 0 Å². The van der Waals surface area contributed by atoms with Gasteiger partial charge in [0.05, 0.1) is 23.0 Å². The van der Waals surface area contributed by atoms with Gasteiger partial charge < -0.3 is 4.74 Å². The second-order valence-electron chi connectivity index (χ2n) is 5.58. The molecule has 3 rings (SSSR count). The summed E-state index contributed by atoms with van der Waals surface area (Å²) in [5.74, 6) is 0.740. The van der Waals surface area contributed by atoms with Crippen molar-refractivity contribution in [3.8, 4) is 0 Å². The van der Waals surface area contributed by atoms with Crippen LogP contribution in [0.4, 0.5) is 5.69 Å². The van der Waals surface area contributed by atoms with E-state index in [2.05, 4.69) is 20.9 Å². The van der Waals surface area contributed by atoms with E-state index in [4.69, 9.17) is 4.74 Å². The molecule has 1 aliphatic carbocycles. The molecule has 1 aromatic rings. The van der Waals surface area contributed by atoms with E-state index in [-0.39, 0.29) is 5.97 Å². The van der Waals surface area contributed by atoms with Crippen molar-refractivity contribution >= 4 is 32.2 Å².